The number of benzene rings is 1. The molecule has 2 aromatic rings. The van der Waals surface area contributed by atoms with Gasteiger partial charge in [0, 0.05) is 11.9 Å². The molecule has 0 spiro atoms. The summed E-state index contributed by atoms with van der Waals surface area (Å²) in [5.74, 6) is 0.344. The largest absolute Gasteiger partial charge is 0.451 e. The Kier molecular flexibility index (Phi) is 4.45. The number of aryl methyl sites for hydroxylation is 1. The minimum absolute atomic E-state index is 0.212. The zero-order valence-corrected chi connectivity index (χ0v) is 12.1. The number of aliphatic hydroxyl groups excluding tert-OH is 1. The molecule has 108 valence electrons. The number of carbonyl (C=O) groups excluding carboxylic acids is 1. The van der Waals surface area contributed by atoms with Crippen LogP contribution in [0.5, 0.6) is 0 Å². The third-order valence-corrected chi connectivity index (χ3v) is 3.25. The van der Waals surface area contributed by atoms with Crippen LogP contribution in [-0.2, 0) is 0 Å². The van der Waals surface area contributed by atoms with Crippen LogP contribution < -0.4 is 5.32 Å². The highest BCUT2D eigenvalue weighted by Crippen LogP contribution is 2.20. The molecule has 2 rings (SSSR count). The van der Waals surface area contributed by atoms with E-state index in [1.807, 2.05) is 32.0 Å². The molecule has 0 saturated carbocycles. The number of amides is 1. The van der Waals surface area contributed by atoms with Crippen LogP contribution in [0.2, 0.25) is 0 Å². The smallest absolute Gasteiger partial charge is 0.287 e. The lowest BCUT2D eigenvalue weighted by atomic mass is 10.0. The summed E-state index contributed by atoms with van der Waals surface area (Å²) in [6, 6.07) is 7.58. The number of carbonyl (C=O) groups is 1. The molecule has 0 aliphatic carbocycles. The highest BCUT2D eigenvalue weighted by Gasteiger charge is 2.14. The number of furan rings is 1. The van der Waals surface area contributed by atoms with Crippen molar-refractivity contribution in [3.8, 4) is 0 Å². The fourth-order valence-corrected chi connectivity index (χ4v) is 2.29. The van der Waals surface area contributed by atoms with Crippen LogP contribution in [0.4, 0.5) is 0 Å². The summed E-state index contributed by atoms with van der Waals surface area (Å²) in [6.45, 7) is 6.28. The summed E-state index contributed by atoms with van der Waals surface area (Å²) >= 11 is 0. The van der Waals surface area contributed by atoms with Crippen molar-refractivity contribution in [2.24, 2.45) is 5.92 Å². The Morgan fingerprint density at radius 1 is 1.35 bits per heavy atom. The third kappa shape index (κ3) is 3.61. The third-order valence-electron chi connectivity index (χ3n) is 3.25. The Balaban J connectivity index is 2.00. The van der Waals surface area contributed by atoms with Gasteiger partial charge in [-0.15, -0.1) is 0 Å². The topological polar surface area (TPSA) is 62.5 Å². The van der Waals surface area contributed by atoms with Gasteiger partial charge in [-0.2, -0.15) is 0 Å². The molecule has 0 aliphatic rings. The van der Waals surface area contributed by atoms with Gasteiger partial charge in [0.1, 0.15) is 5.58 Å². The molecular formula is C16H21NO3. The van der Waals surface area contributed by atoms with Crippen molar-refractivity contribution in [3.63, 3.8) is 0 Å². The average Bonchev–Trinajstić information content (AvgIpc) is 2.78. The van der Waals surface area contributed by atoms with Crippen molar-refractivity contribution in [3.05, 3.63) is 35.6 Å². The lowest BCUT2D eigenvalue weighted by Crippen LogP contribution is -2.29. The van der Waals surface area contributed by atoms with Crippen molar-refractivity contribution < 1.29 is 14.3 Å². The molecule has 4 heteroatoms. The molecule has 0 radical (unpaired) electrons. The summed E-state index contributed by atoms with van der Waals surface area (Å²) in [7, 11) is 0. The van der Waals surface area contributed by atoms with Gasteiger partial charge in [0.2, 0.25) is 0 Å². The number of nitrogens with one attached hydrogen (secondary N) is 1. The van der Waals surface area contributed by atoms with Gasteiger partial charge in [0.15, 0.2) is 5.76 Å². The van der Waals surface area contributed by atoms with Crippen molar-refractivity contribution in [1.82, 2.24) is 5.32 Å². The van der Waals surface area contributed by atoms with Gasteiger partial charge in [-0.25, -0.2) is 0 Å². The standard InChI is InChI=1S/C16H21NO3/c1-10-4-5-14-13(7-10)8-15(20-14)16(19)17-9-11(2)6-12(3)18/h4-5,7-8,11-12,18H,6,9H2,1-3H3,(H,17,19). The van der Waals surface area contributed by atoms with Crippen LogP contribution in [0.15, 0.2) is 28.7 Å². The predicted octanol–water partition coefficient (Wildman–Crippen LogP) is 2.88. The summed E-state index contributed by atoms with van der Waals surface area (Å²) in [4.78, 5) is 12.0. The molecule has 0 bridgehead atoms. The quantitative estimate of drug-likeness (QED) is 0.882. The van der Waals surface area contributed by atoms with Crippen molar-refractivity contribution in [2.45, 2.75) is 33.3 Å². The van der Waals surface area contributed by atoms with E-state index in [-0.39, 0.29) is 17.9 Å². The van der Waals surface area contributed by atoms with Crippen LogP contribution in [0.3, 0.4) is 0 Å². The zero-order valence-electron chi connectivity index (χ0n) is 12.1. The highest BCUT2D eigenvalue weighted by molar-refractivity contribution is 5.96. The lowest BCUT2D eigenvalue weighted by molar-refractivity contribution is 0.0914. The molecule has 0 aliphatic heterocycles. The molecule has 1 aromatic carbocycles. The first kappa shape index (κ1) is 14.6. The van der Waals surface area contributed by atoms with Crippen LogP contribution >= 0.6 is 0 Å². The lowest BCUT2D eigenvalue weighted by Gasteiger charge is -2.13. The van der Waals surface area contributed by atoms with Crippen molar-refractivity contribution >= 4 is 16.9 Å². The number of rotatable bonds is 5. The Labute approximate surface area is 118 Å². The van der Waals surface area contributed by atoms with Crippen LogP contribution in [-0.4, -0.2) is 23.7 Å². The van der Waals surface area contributed by atoms with Crippen molar-refractivity contribution in [2.75, 3.05) is 6.54 Å². The normalized spacial score (nSPS) is 14.2. The van der Waals surface area contributed by atoms with E-state index >= 15 is 0 Å². The highest BCUT2D eigenvalue weighted by atomic mass is 16.3. The maximum absolute atomic E-state index is 12.0. The molecule has 20 heavy (non-hydrogen) atoms. The Hall–Kier alpha value is -1.81. The van der Waals surface area contributed by atoms with Crippen molar-refractivity contribution in [1.29, 1.82) is 0 Å². The van der Waals surface area contributed by atoms with E-state index < -0.39 is 0 Å². The van der Waals surface area contributed by atoms with E-state index in [9.17, 15) is 9.90 Å². The fraction of sp³-hybridized carbons (Fsp3) is 0.438. The van der Waals surface area contributed by atoms with Gasteiger partial charge < -0.3 is 14.8 Å². The van der Waals surface area contributed by atoms with Gasteiger partial charge in [0.25, 0.3) is 5.91 Å². The number of hydrogen-bond acceptors (Lipinski definition) is 3. The minimum Gasteiger partial charge on any atom is -0.451 e. The maximum Gasteiger partial charge on any atom is 0.287 e. The van der Waals surface area contributed by atoms with E-state index in [0.29, 0.717) is 18.7 Å². The second-order valence-electron chi connectivity index (χ2n) is 5.55. The maximum atomic E-state index is 12.0. The molecule has 2 unspecified atom stereocenters. The molecule has 0 fully saturated rings. The monoisotopic (exact) mass is 275 g/mol. The number of hydrogen-bond donors (Lipinski definition) is 2. The van der Waals surface area contributed by atoms with E-state index in [4.69, 9.17) is 4.42 Å². The van der Waals surface area contributed by atoms with Gasteiger partial charge in [-0.3, -0.25) is 4.79 Å². The van der Waals surface area contributed by atoms with Crippen LogP contribution in [0, 0.1) is 12.8 Å². The van der Waals surface area contributed by atoms with E-state index in [2.05, 4.69) is 5.32 Å². The molecular weight excluding hydrogens is 254 g/mol. The first-order valence-electron chi connectivity index (χ1n) is 6.92. The Bertz CT molecular complexity index is 601. The summed E-state index contributed by atoms with van der Waals surface area (Å²) in [5, 5.41) is 13.1. The molecule has 0 saturated heterocycles. The summed E-state index contributed by atoms with van der Waals surface area (Å²) < 4.78 is 5.54. The van der Waals surface area contributed by atoms with Gasteiger partial charge in [-0.05, 0) is 44.4 Å². The average molecular weight is 275 g/mol. The summed E-state index contributed by atoms with van der Waals surface area (Å²) in [5.41, 5.74) is 1.86. The second kappa shape index (κ2) is 6.09. The molecule has 1 amide bonds. The number of fused-ring (bicyclic) bond motifs is 1. The first-order valence-corrected chi connectivity index (χ1v) is 6.92. The molecule has 4 nitrogen and oxygen atoms in total. The van der Waals surface area contributed by atoms with E-state index in [1.54, 1.807) is 13.0 Å². The first-order chi connectivity index (χ1) is 9.45. The SMILES string of the molecule is Cc1ccc2oc(C(=O)NCC(C)CC(C)O)cc2c1. The Morgan fingerprint density at radius 2 is 2.10 bits per heavy atom. The molecule has 1 aromatic heterocycles. The fourth-order valence-electron chi connectivity index (χ4n) is 2.29. The van der Waals surface area contributed by atoms with Crippen LogP contribution in [0.1, 0.15) is 36.4 Å². The minimum atomic E-state index is -0.351. The zero-order chi connectivity index (χ0) is 14.7. The van der Waals surface area contributed by atoms with Gasteiger partial charge in [0.05, 0.1) is 6.10 Å². The molecule has 1 heterocycles. The van der Waals surface area contributed by atoms with Gasteiger partial charge in [-0.1, -0.05) is 18.6 Å². The second-order valence-corrected chi connectivity index (χ2v) is 5.55. The van der Waals surface area contributed by atoms with Gasteiger partial charge >= 0.3 is 0 Å². The van der Waals surface area contributed by atoms with E-state index in [0.717, 1.165) is 16.5 Å². The summed E-state index contributed by atoms with van der Waals surface area (Å²) in [6.07, 6.45) is 0.315. The molecule has 2 N–H and O–H groups in total. The van der Waals surface area contributed by atoms with Crippen LogP contribution in [0.25, 0.3) is 11.0 Å². The number of aliphatic hydroxyl groups is 1. The van der Waals surface area contributed by atoms with E-state index in [1.165, 1.54) is 0 Å². The Morgan fingerprint density at radius 3 is 2.80 bits per heavy atom. The predicted molar refractivity (Wildman–Crippen MR) is 78.7 cm³/mol. The molecule has 2 atom stereocenters.